The number of fused-ring (bicyclic) bond motifs is 6. The topological polar surface area (TPSA) is 33.5 Å². The highest BCUT2D eigenvalue weighted by Crippen LogP contribution is 2.46. The third-order valence-electron chi connectivity index (χ3n) is 9.88. The maximum Gasteiger partial charge on any atom is 0.137 e. The molecular weight excluding hydrogens is 625 g/mol. The van der Waals surface area contributed by atoms with E-state index in [1.807, 2.05) is 12.3 Å². The van der Waals surface area contributed by atoms with E-state index >= 15 is 0 Å². The van der Waals surface area contributed by atoms with E-state index in [2.05, 4.69) is 187 Å². The lowest BCUT2D eigenvalue weighted by atomic mass is 9.88. The van der Waals surface area contributed by atoms with Crippen molar-refractivity contribution < 1.29 is 4.74 Å². The van der Waals surface area contributed by atoms with Crippen LogP contribution >= 0.6 is 0 Å². The molecule has 5 heteroatoms. The summed E-state index contributed by atoms with van der Waals surface area (Å²) < 4.78 is 8.96. The molecular formula is C46H38N4O. The van der Waals surface area contributed by atoms with Gasteiger partial charge in [-0.3, -0.25) is 4.57 Å². The zero-order valence-electron chi connectivity index (χ0n) is 29.0. The molecule has 0 radical (unpaired) electrons. The van der Waals surface area contributed by atoms with Crippen molar-refractivity contribution in [1.82, 2.24) is 9.55 Å². The molecule has 0 saturated heterocycles. The van der Waals surface area contributed by atoms with Gasteiger partial charge in [0.2, 0.25) is 0 Å². The van der Waals surface area contributed by atoms with Gasteiger partial charge in [-0.25, -0.2) is 4.98 Å². The molecule has 9 rings (SSSR count). The smallest absolute Gasteiger partial charge is 0.137 e. The number of aromatic nitrogens is 2. The fraction of sp³-hybridized carbons (Fsp3) is 0.109. The van der Waals surface area contributed by atoms with Gasteiger partial charge in [0.05, 0.1) is 29.1 Å². The summed E-state index contributed by atoms with van der Waals surface area (Å²) in [4.78, 5) is 9.62. The standard InChI is InChI=1S/C46H38N4O/c1-46(2,3)32-26-27-47-45(28-32)50-43-23-12-9-20-39(43)40-25-24-36(30-44(40)50)51-35-17-13-16-34(29-35)49-31-48(33-14-5-4-6-15-33)41-21-10-7-18-37(41)38-19-8-11-22-42(38)49/h4-30H,31H2,1-3H3. The van der Waals surface area contributed by atoms with E-state index in [0.29, 0.717) is 6.67 Å². The minimum absolute atomic E-state index is 0.00450. The fourth-order valence-corrected chi connectivity index (χ4v) is 7.34. The molecule has 0 N–H and O–H groups in total. The quantitative estimate of drug-likeness (QED) is 0.184. The van der Waals surface area contributed by atoms with Crippen LogP contribution in [0.1, 0.15) is 26.3 Å². The Balaban J connectivity index is 1.12. The summed E-state index contributed by atoms with van der Waals surface area (Å²) in [6.45, 7) is 7.34. The number of rotatable bonds is 5. The van der Waals surface area contributed by atoms with Gasteiger partial charge in [-0.1, -0.05) is 99.6 Å². The third-order valence-corrected chi connectivity index (χ3v) is 9.88. The molecule has 2 aromatic heterocycles. The van der Waals surface area contributed by atoms with Gasteiger partial charge in [-0.2, -0.15) is 0 Å². The predicted octanol–water partition coefficient (Wildman–Crippen LogP) is 12.2. The Labute approximate surface area is 298 Å². The van der Waals surface area contributed by atoms with Gasteiger partial charge >= 0.3 is 0 Å². The molecule has 1 aliphatic heterocycles. The molecule has 51 heavy (non-hydrogen) atoms. The molecule has 5 nitrogen and oxygen atoms in total. The highest BCUT2D eigenvalue weighted by Gasteiger charge is 2.26. The van der Waals surface area contributed by atoms with E-state index in [9.17, 15) is 0 Å². The summed E-state index contributed by atoms with van der Waals surface area (Å²) in [5.41, 5.74) is 10.3. The highest BCUT2D eigenvalue weighted by molar-refractivity contribution is 6.09. The van der Waals surface area contributed by atoms with Gasteiger partial charge in [-0.05, 0) is 77.7 Å². The number of hydrogen-bond acceptors (Lipinski definition) is 4. The average Bonchev–Trinajstić information content (AvgIpc) is 3.40. The first-order valence-electron chi connectivity index (χ1n) is 17.5. The molecule has 3 heterocycles. The van der Waals surface area contributed by atoms with Crippen molar-refractivity contribution in [2.45, 2.75) is 26.2 Å². The largest absolute Gasteiger partial charge is 0.457 e. The monoisotopic (exact) mass is 662 g/mol. The number of hydrogen-bond donors (Lipinski definition) is 0. The Kier molecular flexibility index (Phi) is 7.36. The molecule has 248 valence electrons. The summed E-state index contributed by atoms with van der Waals surface area (Å²) in [7, 11) is 0. The summed E-state index contributed by atoms with van der Waals surface area (Å²) >= 11 is 0. The Hall–Kier alpha value is -6.33. The molecule has 0 aliphatic carbocycles. The lowest BCUT2D eigenvalue weighted by molar-refractivity contribution is 0.483. The second kappa shape index (κ2) is 12.2. The van der Waals surface area contributed by atoms with E-state index in [0.717, 1.165) is 50.8 Å². The molecule has 0 fully saturated rings. The van der Waals surface area contributed by atoms with Crippen LogP contribution in [0, 0.1) is 0 Å². The Bertz CT molecular complexity index is 2550. The van der Waals surface area contributed by atoms with Gasteiger partial charge in [0.1, 0.15) is 17.3 Å². The third kappa shape index (κ3) is 5.48. The molecule has 1 aliphatic rings. The molecule has 6 aromatic carbocycles. The van der Waals surface area contributed by atoms with Crippen LogP contribution in [0.25, 0.3) is 38.8 Å². The Morgan fingerprint density at radius 1 is 0.529 bits per heavy atom. The average molecular weight is 663 g/mol. The van der Waals surface area contributed by atoms with Crippen LogP contribution in [0.4, 0.5) is 22.7 Å². The molecule has 0 saturated carbocycles. The van der Waals surface area contributed by atoms with Gasteiger partial charge in [-0.15, -0.1) is 0 Å². The van der Waals surface area contributed by atoms with E-state index in [4.69, 9.17) is 9.72 Å². The van der Waals surface area contributed by atoms with Crippen molar-refractivity contribution >= 4 is 44.6 Å². The molecule has 0 spiro atoms. The van der Waals surface area contributed by atoms with Crippen molar-refractivity contribution in [3.05, 3.63) is 169 Å². The first kappa shape index (κ1) is 30.7. The maximum absolute atomic E-state index is 6.70. The SMILES string of the molecule is CC(C)(C)c1ccnc(-n2c3ccccc3c3ccc(Oc4cccc(N5CN(c6ccccc6)c6ccccc6-c6ccccc65)c4)cc32)c1. The van der Waals surface area contributed by atoms with Crippen molar-refractivity contribution in [1.29, 1.82) is 0 Å². The van der Waals surface area contributed by atoms with E-state index in [-0.39, 0.29) is 5.41 Å². The molecule has 8 aromatic rings. The molecule has 0 amide bonds. The van der Waals surface area contributed by atoms with Crippen molar-refractivity contribution in [3.63, 3.8) is 0 Å². The van der Waals surface area contributed by atoms with Crippen LogP contribution in [0.2, 0.25) is 0 Å². The lowest BCUT2D eigenvalue weighted by Crippen LogP contribution is -2.31. The van der Waals surface area contributed by atoms with Gasteiger partial charge in [0, 0.05) is 51.6 Å². The Morgan fingerprint density at radius 3 is 1.92 bits per heavy atom. The normalized spacial score (nSPS) is 12.8. The summed E-state index contributed by atoms with van der Waals surface area (Å²) in [6, 6.07) is 55.6. The second-order valence-corrected chi connectivity index (χ2v) is 14.2. The van der Waals surface area contributed by atoms with Crippen LogP contribution in [0.5, 0.6) is 11.5 Å². The van der Waals surface area contributed by atoms with Crippen LogP contribution in [0.3, 0.4) is 0 Å². The summed E-state index contributed by atoms with van der Waals surface area (Å²) in [6.07, 6.45) is 1.92. The first-order valence-corrected chi connectivity index (χ1v) is 17.5. The number of ether oxygens (including phenoxy) is 1. The van der Waals surface area contributed by atoms with Crippen LogP contribution < -0.4 is 14.5 Å². The van der Waals surface area contributed by atoms with Crippen LogP contribution in [0.15, 0.2) is 164 Å². The number of para-hydroxylation sites is 4. The number of benzene rings is 6. The maximum atomic E-state index is 6.70. The predicted molar refractivity (Wildman–Crippen MR) is 211 cm³/mol. The number of pyridine rings is 1. The molecule has 0 atom stereocenters. The lowest BCUT2D eigenvalue weighted by Gasteiger charge is -2.32. The van der Waals surface area contributed by atoms with Crippen molar-refractivity contribution in [3.8, 4) is 28.4 Å². The zero-order valence-corrected chi connectivity index (χ0v) is 29.0. The van der Waals surface area contributed by atoms with E-state index in [1.54, 1.807) is 0 Å². The highest BCUT2D eigenvalue weighted by atomic mass is 16.5. The van der Waals surface area contributed by atoms with Crippen LogP contribution in [-0.4, -0.2) is 16.2 Å². The van der Waals surface area contributed by atoms with Crippen molar-refractivity contribution in [2.75, 3.05) is 16.5 Å². The van der Waals surface area contributed by atoms with Gasteiger partial charge in [0.25, 0.3) is 0 Å². The number of anilines is 4. The minimum Gasteiger partial charge on any atom is -0.457 e. The van der Waals surface area contributed by atoms with E-state index in [1.165, 1.54) is 27.8 Å². The first-order chi connectivity index (χ1) is 24.9. The zero-order chi connectivity index (χ0) is 34.5. The Morgan fingerprint density at radius 2 is 1.16 bits per heavy atom. The van der Waals surface area contributed by atoms with Crippen molar-refractivity contribution in [2.24, 2.45) is 0 Å². The number of nitrogens with zero attached hydrogens (tertiary/aromatic N) is 4. The summed E-state index contributed by atoms with van der Waals surface area (Å²) in [5, 5.41) is 2.35. The minimum atomic E-state index is 0.00450. The fourth-order valence-electron chi connectivity index (χ4n) is 7.34. The van der Waals surface area contributed by atoms with Gasteiger partial charge in [0.15, 0.2) is 0 Å². The molecule has 0 unspecified atom stereocenters. The van der Waals surface area contributed by atoms with E-state index < -0.39 is 0 Å². The second-order valence-electron chi connectivity index (χ2n) is 14.2. The van der Waals surface area contributed by atoms with Gasteiger partial charge < -0.3 is 14.5 Å². The summed E-state index contributed by atoms with van der Waals surface area (Å²) in [5.74, 6) is 2.44. The molecule has 0 bridgehead atoms. The van der Waals surface area contributed by atoms with Crippen LogP contribution in [-0.2, 0) is 5.41 Å².